The second-order valence-electron chi connectivity index (χ2n) is 7.37. The zero-order valence-electron chi connectivity index (χ0n) is 18.2. The van der Waals surface area contributed by atoms with E-state index in [1.54, 1.807) is 11.8 Å². The summed E-state index contributed by atoms with van der Waals surface area (Å²) in [4.78, 5) is 8.05. The number of thioether (sulfide) groups is 1. The highest BCUT2D eigenvalue weighted by atomic mass is 32.2. The lowest BCUT2D eigenvalue weighted by Crippen LogP contribution is -2.45. The number of thiocarbonyl (C=S) groups is 1. The fraction of sp³-hybridized carbons (Fsp3) is 0.292. The number of benzene rings is 2. The highest BCUT2D eigenvalue weighted by Gasteiger charge is 2.33. The van der Waals surface area contributed by atoms with Crippen LogP contribution in [0.2, 0.25) is 0 Å². The molecule has 2 heterocycles. The van der Waals surface area contributed by atoms with E-state index in [1.165, 1.54) is 10.5 Å². The molecular formula is C24H26N4OS2. The van der Waals surface area contributed by atoms with Crippen molar-refractivity contribution < 1.29 is 4.52 Å². The number of hydrogen-bond acceptors (Lipinski definition) is 5. The number of nitrogens with one attached hydrogen (secondary N) is 1. The lowest BCUT2D eigenvalue weighted by atomic mass is 9.95. The van der Waals surface area contributed by atoms with Crippen LogP contribution in [0.4, 0.5) is 0 Å². The summed E-state index contributed by atoms with van der Waals surface area (Å²) in [5, 5.41) is 8.46. The molecule has 0 radical (unpaired) electrons. The fourth-order valence-corrected chi connectivity index (χ4v) is 4.62. The largest absolute Gasteiger partial charge is 0.351 e. The van der Waals surface area contributed by atoms with Crippen molar-refractivity contribution in [2.24, 2.45) is 0 Å². The van der Waals surface area contributed by atoms with E-state index < -0.39 is 0 Å². The number of nitrogens with zero attached hydrogens (tertiary/aromatic N) is 3. The average molecular weight is 451 g/mol. The van der Waals surface area contributed by atoms with E-state index >= 15 is 0 Å². The van der Waals surface area contributed by atoms with Crippen molar-refractivity contribution >= 4 is 34.7 Å². The smallest absolute Gasteiger partial charge is 0.258 e. The van der Waals surface area contributed by atoms with E-state index in [9.17, 15) is 0 Å². The van der Waals surface area contributed by atoms with E-state index in [2.05, 4.69) is 78.8 Å². The van der Waals surface area contributed by atoms with Crippen LogP contribution in [0.25, 0.3) is 17.0 Å². The van der Waals surface area contributed by atoms with Crippen LogP contribution in [-0.4, -0.2) is 33.0 Å². The molecule has 1 aliphatic heterocycles. The normalized spacial score (nSPS) is 16.6. The van der Waals surface area contributed by atoms with Crippen LogP contribution in [-0.2, 0) is 6.42 Å². The van der Waals surface area contributed by atoms with E-state index in [0.717, 1.165) is 35.4 Å². The summed E-state index contributed by atoms with van der Waals surface area (Å²) < 4.78 is 5.78. The molecule has 0 aliphatic carbocycles. The van der Waals surface area contributed by atoms with Gasteiger partial charge in [-0.1, -0.05) is 48.5 Å². The first-order valence-corrected chi connectivity index (χ1v) is 12.0. The Hall–Kier alpha value is -2.64. The molecule has 1 atom stereocenters. The van der Waals surface area contributed by atoms with E-state index in [0.29, 0.717) is 16.8 Å². The highest BCUT2D eigenvalue weighted by molar-refractivity contribution is 7.98. The van der Waals surface area contributed by atoms with E-state index in [-0.39, 0.29) is 6.04 Å². The van der Waals surface area contributed by atoms with Gasteiger partial charge in [0.05, 0.1) is 11.6 Å². The van der Waals surface area contributed by atoms with Crippen LogP contribution in [0.3, 0.4) is 0 Å². The van der Waals surface area contributed by atoms with Crippen molar-refractivity contribution in [2.75, 3.05) is 12.8 Å². The van der Waals surface area contributed by atoms with E-state index in [4.69, 9.17) is 21.7 Å². The standard InChI is InChI=1S/C24H26N4OS2/c1-5-16-7-9-18(10-8-16)22-26-23(29-27-22)20-15(3)28(6-2)24(30)25-21(20)17-11-13-19(31-4)14-12-17/h7-14,21H,5-6H2,1-4H3,(H,25,30). The molecule has 0 saturated heterocycles. The fourth-order valence-electron chi connectivity index (χ4n) is 3.83. The molecule has 5 nitrogen and oxygen atoms in total. The molecule has 0 fully saturated rings. The van der Waals surface area contributed by atoms with Crippen LogP contribution in [0.5, 0.6) is 0 Å². The molecule has 1 unspecified atom stereocenters. The van der Waals surface area contributed by atoms with Crippen LogP contribution in [0.1, 0.15) is 43.8 Å². The van der Waals surface area contributed by atoms with Gasteiger partial charge in [0, 0.05) is 22.7 Å². The van der Waals surface area contributed by atoms with Gasteiger partial charge in [-0.3, -0.25) is 0 Å². The molecular weight excluding hydrogens is 424 g/mol. The van der Waals surface area contributed by atoms with Crippen LogP contribution < -0.4 is 5.32 Å². The predicted molar refractivity (Wildman–Crippen MR) is 131 cm³/mol. The maximum absolute atomic E-state index is 5.78. The van der Waals surface area contributed by atoms with E-state index in [1.807, 2.05) is 12.1 Å². The van der Waals surface area contributed by atoms with Crippen LogP contribution in [0.15, 0.2) is 63.6 Å². The van der Waals surface area contributed by atoms with Crippen molar-refractivity contribution in [3.05, 3.63) is 71.2 Å². The number of hydrogen-bond donors (Lipinski definition) is 1. The van der Waals surface area contributed by atoms with Gasteiger partial charge < -0.3 is 14.7 Å². The topological polar surface area (TPSA) is 54.2 Å². The predicted octanol–water partition coefficient (Wildman–Crippen LogP) is 5.70. The zero-order chi connectivity index (χ0) is 22.0. The second kappa shape index (κ2) is 9.24. The molecule has 3 aromatic rings. The van der Waals surface area contributed by atoms with Crippen molar-refractivity contribution in [1.29, 1.82) is 0 Å². The van der Waals surface area contributed by atoms with Gasteiger partial charge in [0.25, 0.3) is 5.89 Å². The van der Waals surface area contributed by atoms with Crippen molar-refractivity contribution in [3.8, 4) is 11.4 Å². The average Bonchev–Trinajstić information content (AvgIpc) is 3.29. The third kappa shape index (κ3) is 4.25. The summed E-state index contributed by atoms with van der Waals surface area (Å²) in [6, 6.07) is 16.6. The Kier molecular flexibility index (Phi) is 6.43. The molecule has 1 aromatic heterocycles. The summed E-state index contributed by atoms with van der Waals surface area (Å²) in [7, 11) is 0. The minimum atomic E-state index is -0.151. The molecule has 0 spiro atoms. The molecule has 2 aromatic carbocycles. The molecule has 0 amide bonds. The van der Waals surface area contributed by atoms with Gasteiger partial charge in [0.15, 0.2) is 5.11 Å². The van der Waals surface area contributed by atoms with Crippen molar-refractivity contribution in [1.82, 2.24) is 20.4 Å². The molecule has 0 saturated carbocycles. The summed E-state index contributed by atoms with van der Waals surface area (Å²) >= 11 is 7.37. The first kappa shape index (κ1) is 21.6. The van der Waals surface area contributed by atoms with Gasteiger partial charge in [0.2, 0.25) is 5.82 Å². The first-order valence-electron chi connectivity index (χ1n) is 10.4. The van der Waals surface area contributed by atoms with Crippen LogP contribution in [0, 0.1) is 0 Å². The van der Waals surface area contributed by atoms with Gasteiger partial charge >= 0.3 is 0 Å². The third-order valence-electron chi connectivity index (χ3n) is 5.64. The summed E-state index contributed by atoms with van der Waals surface area (Å²) in [6.07, 6.45) is 3.07. The monoisotopic (exact) mass is 450 g/mol. The summed E-state index contributed by atoms with van der Waals surface area (Å²) in [5.41, 5.74) is 5.32. The molecule has 4 rings (SSSR count). The Balaban J connectivity index is 1.76. The van der Waals surface area contributed by atoms with Gasteiger partial charge in [-0.25, -0.2) is 0 Å². The summed E-state index contributed by atoms with van der Waals surface area (Å²) in [5.74, 6) is 1.10. The lowest BCUT2D eigenvalue weighted by molar-refractivity contribution is 0.398. The zero-order valence-corrected chi connectivity index (χ0v) is 19.8. The Morgan fingerprint density at radius 2 is 1.81 bits per heavy atom. The maximum atomic E-state index is 5.78. The SMILES string of the molecule is CCc1ccc(-c2noc(C3=C(C)N(CC)C(=S)NC3c3ccc(SC)cc3)n2)cc1. The number of allylic oxidation sites excluding steroid dienone is 1. The number of aryl methyl sites for hydroxylation is 1. The van der Waals surface area contributed by atoms with Gasteiger partial charge in [0.1, 0.15) is 0 Å². The Morgan fingerprint density at radius 3 is 2.42 bits per heavy atom. The van der Waals surface area contributed by atoms with Crippen LogP contribution >= 0.6 is 24.0 Å². The molecule has 0 bridgehead atoms. The molecule has 1 aliphatic rings. The van der Waals surface area contributed by atoms with Gasteiger partial charge in [-0.05, 0) is 62.0 Å². The van der Waals surface area contributed by atoms with Crippen molar-refractivity contribution in [3.63, 3.8) is 0 Å². The second-order valence-corrected chi connectivity index (χ2v) is 8.64. The quantitative estimate of drug-likeness (QED) is 0.382. The summed E-state index contributed by atoms with van der Waals surface area (Å²) in [6.45, 7) is 7.05. The Labute approximate surface area is 192 Å². The molecule has 160 valence electrons. The third-order valence-corrected chi connectivity index (χ3v) is 6.72. The number of rotatable bonds is 6. The van der Waals surface area contributed by atoms with Gasteiger partial charge in [-0.2, -0.15) is 4.98 Å². The molecule has 7 heteroatoms. The van der Waals surface area contributed by atoms with Crippen molar-refractivity contribution in [2.45, 2.75) is 38.1 Å². The minimum absolute atomic E-state index is 0.151. The lowest BCUT2D eigenvalue weighted by Gasteiger charge is -2.36. The Bertz CT molecular complexity index is 1100. The molecule has 1 N–H and O–H groups in total. The highest BCUT2D eigenvalue weighted by Crippen LogP contribution is 2.37. The van der Waals surface area contributed by atoms with Gasteiger partial charge in [-0.15, -0.1) is 11.8 Å². The minimum Gasteiger partial charge on any atom is -0.351 e. The Morgan fingerprint density at radius 1 is 1.10 bits per heavy atom. The molecule has 31 heavy (non-hydrogen) atoms. The number of aromatic nitrogens is 2. The first-order chi connectivity index (χ1) is 15.0. The maximum Gasteiger partial charge on any atom is 0.258 e.